The molecule has 0 bridgehead atoms. The monoisotopic (exact) mass is 293 g/mol. The van der Waals surface area contributed by atoms with Crippen LogP contribution in [0.2, 0.25) is 0 Å². The average Bonchev–Trinajstić information content (AvgIpc) is 2.28. The topological polar surface area (TPSA) is 83.5 Å². The molecule has 0 radical (unpaired) electrons. The molecule has 106 valence electrons. The fourth-order valence-corrected chi connectivity index (χ4v) is 2.69. The van der Waals surface area contributed by atoms with E-state index in [2.05, 4.69) is 0 Å². The second kappa shape index (κ2) is 6.07. The van der Waals surface area contributed by atoms with E-state index < -0.39 is 34.2 Å². The van der Waals surface area contributed by atoms with E-state index in [1.165, 1.54) is 19.1 Å². The van der Waals surface area contributed by atoms with Gasteiger partial charge in [0.15, 0.2) is 0 Å². The molecule has 2 N–H and O–H groups in total. The first-order valence-corrected chi connectivity index (χ1v) is 6.96. The van der Waals surface area contributed by atoms with Gasteiger partial charge in [-0.2, -0.15) is 0 Å². The normalized spacial score (nSPS) is 13.5. The third-order valence-electron chi connectivity index (χ3n) is 2.32. The number of benzene rings is 1. The summed E-state index contributed by atoms with van der Waals surface area (Å²) < 4.78 is 49.8. The van der Waals surface area contributed by atoms with Crippen LogP contribution in [0.1, 0.15) is 24.5 Å². The lowest BCUT2D eigenvalue weighted by molar-refractivity contribution is -0.138. The highest BCUT2D eigenvalue weighted by atomic mass is 32.2. The van der Waals surface area contributed by atoms with Gasteiger partial charge in [-0.3, -0.25) is 4.79 Å². The van der Waals surface area contributed by atoms with Gasteiger partial charge in [0.1, 0.15) is 6.04 Å². The number of alkyl halides is 2. The van der Waals surface area contributed by atoms with Crippen molar-refractivity contribution < 1.29 is 27.1 Å². The van der Waals surface area contributed by atoms with E-state index in [0.29, 0.717) is 5.56 Å². The molecule has 1 atom stereocenters. The molecule has 0 fully saturated rings. The van der Waals surface area contributed by atoms with Crippen molar-refractivity contribution >= 4 is 16.0 Å². The molecule has 0 unspecified atom stereocenters. The molecular formula is C11H13F2NO4S. The molecule has 8 heteroatoms. The number of carboxylic acid groups (broad SMARTS) is 1. The lowest BCUT2D eigenvalue weighted by atomic mass is 10.2. The fraction of sp³-hybridized carbons (Fsp3) is 0.364. The third kappa shape index (κ3) is 4.92. The fourth-order valence-electron chi connectivity index (χ4n) is 1.34. The summed E-state index contributed by atoms with van der Waals surface area (Å²) in [5.41, 5.74) is 0.0995. The highest BCUT2D eigenvalue weighted by molar-refractivity contribution is 7.88. The van der Waals surface area contributed by atoms with Gasteiger partial charge in [-0.15, -0.1) is 0 Å². The Kier molecular flexibility index (Phi) is 4.96. The minimum absolute atomic E-state index is 0.201. The largest absolute Gasteiger partial charge is 0.480 e. The molecule has 0 heterocycles. The molecule has 0 aromatic heterocycles. The minimum Gasteiger partial charge on any atom is -0.480 e. The first kappa shape index (κ1) is 15.5. The molecule has 1 rings (SSSR count). The number of carbonyl (C=O) groups is 1. The number of sulfonamides is 1. The number of hydrogen-bond acceptors (Lipinski definition) is 3. The Balaban J connectivity index is 2.75. The van der Waals surface area contributed by atoms with Crippen molar-refractivity contribution in [2.24, 2.45) is 0 Å². The Morgan fingerprint density at radius 1 is 1.32 bits per heavy atom. The van der Waals surface area contributed by atoms with E-state index in [0.717, 1.165) is 12.1 Å². The van der Waals surface area contributed by atoms with Crippen LogP contribution in [0.5, 0.6) is 0 Å². The van der Waals surface area contributed by atoms with Crippen LogP contribution in [0, 0.1) is 0 Å². The molecule has 5 nitrogen and oxygen atoms in total. The predicted molar refractivity (Wildman–Crippen MR) is 64.3 cm³/mol. The zero-order chi connectivity index (χ0) is 14.6. The Morgan fingerprint density at radius 2 is 1.84 bits per heavy atom. The zero-order valence-corrected chi connectivity index (χ0v) is 10.8. The Hall–Kier alpha value is -1.54. The summed E-state index contributed by atoms with van der Waals surface area (Å²) in [6.07, 6.45) is -2.61. The first-order valence-electron chi connectivity index (χ1n) is 5.31. The summed E-state index contributed by atoms with van der Waals surface area (Å²) >= 11 is 0. The van der Waals surface area contributed by atoms with Gasteiger partial charge in [-0.1, -0.05) is 24.3 Å². The van der Waals surface area contributed by atoms with E-state index in [1.807, 2.05) is 4.72 Å². The number of rotatable bonds is 6. The molecule has 0 amide bonds. The maximum atomic E-state index is 12.3. The van der Waals surface area contributed by atoms with Crippen LogP contribution in [0.25, 0.3) is 0 Å². The maximum Gasteiger partial charge on any atom is 0.321 e. The van der Waals surface area contributed by atoms with Gasteiger partial charge in [0.2, 0.25) is 10.0 Å². The van der Waals surface area contributed by atoms with E-state index in [4.69, 9.17) is 5.11 Å². The smallest absolute Gasteiger partial charge is 0.321 e. The second-order valence-corrected chi connectivity index (χ2v) is 5.73. The highest BCUT2D eigenvalue weighted by Crippen LogP contribution is 2.19. The Morgan fingerprint density at radius 3 is 2.26 bits per heavy atom. The van der Waals surface area contributed by atoms with Gasteiger partial charge < -0.3 is 5.11 Å². The second-order valence-electron chi connectivity index (χ2n) is 3.98. The van der Waals surface area contributed by atoms with Crippen molar-refractivity contribution in [3.63, 3.8) is 0 Å². The molecule has 1 aromatic carbocycles. The molecule has 1 aromatic rings. The van der Waals surface area contributed by atoms with Crippen molar-refractivity contribution in [1.82, 2.24) is 4.72 Å². The van der Waals surface area contributed by atoms with Gasteiger partial charge in [0.05, 0.1) is 5.75 Å². The van der Waals surface area contributed by atoms with Crippen molar-refractivity contribution in [1.29, 1.82) is 0 Å². The van der Waals surface area contributed by atoms with Crippen molar-refractivity contribution in [3.8, 4) is 0 Å². The van der Waals surface area contributed by atoms with Crippen LogP contribution in [0.3, 0.4) is 0 Å². The van der Waals surface area contributed by atoms with Crippen LogP contribution >= 0.6 is 0 Å². The molecule has 0 spiro atoms. The molecule has 19 heavy (non-hydrogen) atoms. The molecular weight excluding hydrogens is 280 g/mol. The van der Waals surface area contributed by atoms with E-state index >= 15 is 0 Å². The molecule has 0 aliphatic heterocycles. The van der Waals surface area contributed by atoms with Crippen LogP contribution in [0.15, 0.2) is 24.3 Å². The standard InChI is InChI=1S/C11H13F2NO4S/c1-7(11(15)16)14-19(17,18)6-8-2-4-9(5-3-8)10(12)13/h2-5,7,10,14H,6H2,1H3,(H,15,16)/t7-/m1/s1. The summed E-state index contributed by atoms with van der Waals surface area (Å²) in [6, 6.07) is 3.57. The number of halogens is 2. The van der Waals surface area contributed by atoms with E-state index in [9.17, 15) is 22.0 Å². The van der Waals surface area contributed by atoms with Gasteiger partial charge in [-0.25, -0.2) is 21.9 Å². The van der Waals surface area contributed by atoms with Crippen molar-refractivity contribution in [2.75, 3.05) is 0 Å². The Bertz CT molecular complexity index is 542. The van der Waals surface area contributed by atoms with Gasteiger partial charge >= 0.3 is 5.97 Å². The lowest BCUT2D eigenvalue weighted by Gasteiger charge is -2.10. The van der Waals surface area contributed by atoms with E-state index in [-0.39, 0.29) is 5.56 Å². The average molecular weight is 293 g/mol. The molecule has 0 saturated carbocycles. The SMILES string of the molecule is C[C@@H](NS(=O)(=O)Cc1ccc(C(F)F)cc1)C(=O)O. The minimum atomic E-state index is -3.83. The number of hydrogen-bond donors (Lipinski definition) is 2. The van der Waals surface area contributed by atoms with Crippen LogP contribution in [-0.2, 0) is 20.6 Å². The first-order chi connectivity index (χ1) is 8.71. The van der Waals surface area contributed by atoms with Gasteiger partial charge in [0, 0.05) is 5.56 Å². The number of aliphatic carboxylic acids is 1. The van der Waals surface area contributed by atoms with Crippen LogP contribution in [-0.4, -0.2) is 25.5 Å². The molecule has 0 aliphatic carbocycles. The van der Waals surface area contributed by atoms with Crippen LogP contribution in [0.4, 0.5) is 8.78 Å². The predicted octanol–water partition coefficient (Wildman–Crippen LogP) is 1.52. The summed E-state index contributed by atoms with van der Waals surface area (Å²) in [5.74, 6) is -1.76. The number of nitrogens with one attached hydrogen (secondary N) is 1. The summed E-state index contributed by atoms with van der Waals surface area (Å²) in [4.78, 5) is 10.5. The lowest BCUT2D eigenvalue weighted by Crippen LogP contribution is -2.38. The summed E-state index contributed by atoms with van der Waals surface area (Å²) in [5, 5.41) is 8.60. The molecule has 0 aliphatic rings. The van der Waals surface area contributed by atoms with Crippen molar-refractivity contribution in [3.05, 3.63) is 35.4 Å². The highest BCUT2D eigenvalue weighted by Gasteiger charge is 2.20. The van der Waals surface area contributed by atoms with Crippen LogP contribution < -0.4 is 4.72 Å². The Labute approximate surface area is 109 Å². The van der Waals surface area contributed by atoms with E-state index in [1.54, 1.807) is 0 Å². The number of carboxylic acids is 1. The van der Waals surface area contributed by atoms with Crippen molar-refractivity contribution in [2.45, 2.75) is 25.1 Å². The summed E-state index contributed by atoms with van der Waals surface area (Å²) in [7, 11) is -3.83. The summed E-state index contributed by atoms with van der Waals surface area (Å²) in [6.45, 7) is 1.19. The van der Waals surface area contributed by atoms with Gasteiger partial charge in [-0.05, 0) is 12.5 Å². The van der Waals surface area contributed by atoms with Gasteiger partial charge in [0.25, 0.3) is 6.43 Å². The quantitative estimate of drug-likeness (QED) is 0.833. The maximum absolute atomic E-state index is 12.3. The molecule has 0 saturated heterocycles. The zero-order valence-electron chi connectivity index (χ0n) is 10.0. The third-order valence-corrected chi connectivity index (χ3v) is 3.74.